The molecule has 0 bridgehead atoms. The normalized spacial score (nSPS) is 15.2. The predicted molar refractivity (Wildman–Crippen MR) is 113 cm³/mol. The van der Waals surface area contributed by atoms with Crippen LogP contribution in [0.3, 0.4) is 0 Å². The monoisotopic (exact) mass is 416 g/mol. The minimum atomic E-state index is -3.53. The lowest BCUT2D eigenvalue weighted by atomic mass is 10.1. The van der Waals surface area contributed by atoms with Gasteiger partial charge in [-0.3, -0.25) is 4.79 Å². The molecule has 0 atom stereocenters. The average Bonchev–Trinajstić information content (AvgIpc) is 2.72. The van der Waals surface area contributed by atoms with Crippen molar-refractivity contribution >= 4 is 21.6 Å². The van der Waals surface area contributed by atoms with Gasteiger partial charge in [0.1, 0.15) is 0 Å². The van der Waals surface area contributed by atoms with E-state index in [-0.39, 0.29) is 17.3 Å². The standard InChI is InChI=1S/C22H29N3O3S/c1-3-7-19-10-14-24(15-11-19)17-22(26)23-21-16-20(9-8-18(21)2)29(27,28)25-12-5-4-6-13-25/h8-11,14-16H,3-7,12-13,17H2,1-2H3/p+1. The van der Waals surface area contributed by atoms with Crippen molar-refractivity contribution in [1.29, 1.82) is 0 Å². The minimum absolute atomic E-state index is 0.176. The molecule has 1 saturated heterocycles. The number of carbonyl (C=O) groups is 1. The summed E-state index contributed by atoms with van der Waals surface area (Å²) in [6.07, 6.45) is 8.75. The summed E-state index contributed by atoms with van der Waals surface area (Å²) in [6.45, 7) is 5.29. The van der Waals surface area contributed by atoms with Gasteiger partial charge in [0, 0.05) is 30.9 Å². The predicted octanol–water partition coefficient (Wildman–Crippen LogP) is 3.05. The van der Waals surface area contributed by atoms with Gasteiger partial charge in [-0.2, -0.15) is 8.87 Å². The molecule has 0 spiro atoms. The third kappa shape index (κ3) is 5.42. The highest BCUT2D eigenvalue weighted by molar-refractivity contribution is 7.89. The van der Waals surface area contributed by atoms with E-state index in [1.165, 1.54) is 5.56 Å². The number of rotatable bonds is 7. The van der Waals surface area contributed by atoms with Crippen LogP contribution in [0, 0.1) is 6.92 Å². The summed E-state index contributed by atoms with van der Waals surface area (Å²) in [6, 6.07) is 8.99. The molecule has 2 aromatic rings. The van der Waals surface area contributed by atoms with Crippen molar-refractivity contribution in [3.05, 3.63) is 53.9 Å². The summed E-state index contributed by atoms with van der Waals surface area (Å²) in [5.41, 5.74) is 2.62. The molecule has 29 heavy (non-hydrogen) atoms. The van der Waals surface area contributed by atoms with Crippen LogP contribution in [-0.4, -0.2) is 31.7 Å². The molecule has 2 heterocycles. The first-order valence-corrected chi connectivity index (χ1v) is 11.7. The van der Waals surface area contributed by atoms with Crippen molar-refractivity contribution < 1.29 is 17.8 Å². The summed E-state index contributed by atoms with van der Waals surface area (Å²) in [7, 11) is -3.53. The zero-order valence-electron chi connectivity index (χ0n) is 17.2. The van der Waals surface area contributed by atoms with Crippen LogP contribution in [0.2, 0.25) is 0 Å². The molecule has 1 amide bonds. The first-order valence-electron chi connectivity index (χ1n) is 10.3. The van der Waals surface area contributed by atoms with Crippen LogP contribution in [0.15, 0.2) is 47.6 Å². The lowest BCUT2D eigenvalue weighted by Gasteiger charge is -2.26. The van der Waals surface area contributed by atoms with Crippen LogP contribution in [0.1, 0.15) is 43.7 Å². The van der Waals surface area contributed by atoms with Gasteiger partial charge in [0.2, 0.25) is 16.6 Å². The average molecular weight is 417 g/mol. The molecule has 1 aromatic carbocycles. The van der Waals surface area contributed by atoms with Gasteiger partial charge in [0.15, 0.2) is 12.4 Å². The largest absolute Gasteiger partial charge is 0.320 e. The Hall–Kier alpha value is -2.25. The van der Waals surface area contributed by atoms with E-state index in [0.29, 0.717) is 18.8 Å². The number of benzene rings is 1. The lowest BCUT2D eigenvalue weighted by molar-refractivity contribution is -0.684. The molecule has 1 aliphatic rings. The molecule has 1 N–H and O–H groups in total. The number of nitrogens with zero attached hydrogens (tertiary/aromatic N) is 2. The molecule has 0 saturated carbocycles. The molecule has 3 rings (SSSR count). The molecule has 1 fully saturated rings. The maximum absolute atomic E-state index is 12.9. The topological polar surface area (TPSA) is 70.4 Å². The van der Waals surface area contributed by atoms with Gasteiger partial charge in [-0.25, -0.2) is 8.42 Å². The van der Waals surface area contributed by atoms with Gasteiger partial charge in [0.05, 0.1) is 4.90 Å². The Morgan fingerprint density at radius 2 is 1.79 bits per heavy atom. The molecule has 0 aliphatic carbocycles. The first-order chi connectivity index (χ1) is 13.9. The summed E-state index contributed by atoms with van der Waals surface area (Å²) in [4.78, 5) is 12.7. The molecule has 0 unspecified atom stereocenters. The number of pyridine rings is 1. The number of carbonyl (C=O) groups excluding carboxylic acids is 1. The number of anilines is 1. The third-order valence-corrected chi connectivity index (χ3v) is 7.16. The SMILES string of the molecule is CCCc1cc[n+](CC(=O)Nc2cc(S(=O)(=O)N3CCCCC3)ccc2C)cc1. The van der Waals surface area contributed by atoms with Crippen LogP contribution >= 0.6 is 0 Å². The highest BCUT2D eigenvalue weighted by Crippen LogP contribution is 2.25. The molecule has 6 nitrogen and oxygen atoms in total. The Balaban J connectivity index is 1.71. The first kappa shape index (κ1) is 21.5. The fourth-order valence-corrected chi connectivity index (χ4v) is 5.10. The van der Waals surface area contributed by atoms with E-state index < -0.39 is 10.0 Å². The quantitative estimate of drug-likeness (QED) is 0.705. The van der Waals surface area contributed by atoms with Crippen molar-refractivity contribution in [3.63, 3.8) is 0 Å². The fraction of sp³-hybridized carbons (Fsp3) is 0.455. The number of aromatic nitrogens is 1. The van der Waals surface area contributed by atoms with Crippen molar-refractivity contribution in [2.75, 3.05) is 18.4 Å². The van der Waals surface area contributed by atoms with E-state index in [2.05, 4.69) is 12.2 Å². The van der Waals surface area contributed by atoms with Crippen LogP contribution < -0.4 is 9.88 Å². The zero-order chi connectivity index (χ0) is 20.9. The van der Waals surface area contributed by atoms with Gasteiger partial charge in [0.25, 0.3) is 5.91 Å². The minimum Gasteiger partial charge on any atom is -0.320 e. The van der Waals surface area contributed by atoms with E-state index in [1.54, 1.807) is 22.5 Å². The van der Waals surface area contributed by atoms with Gasteiger partial charge >= 0.3 is 0 Å². The Labute approximate surface area is 173 Å². The Morgan fingerprint density at radius 1 is 1.10 bits per heavy atom. The molecule has 156 valence electrons. The van der Waals surface area contributed by atoms with E-state index in [4.69, 9.17) is 0 Å². The Morgan fingerprint density at radius 3 is 2.45 bits per heavy atom. The van der Waals surface area contributed by atoms with E-state index in [9.17, 15) is 13.2 Å². The number of aryl methyl sites for hydroxylation is 2. The number of sulfonamides is 1. The fourth-order valence-electron chi connectivity index (χ4n) is 3.56. The summed E-state index contributed by atoms with van der Waals surface area (Å²) in [5, 5.41) is 2.87. The second-order valence-corrected chi connectivity index (χ2v) is 9.56. The number of nitrogens with one attached hydrogen (secondary N) is 1. The van der Waals surface area contributed by atoms with Gasteiger partial charge < -0.3 is 5.32 Å². The lowest BCUT2D eigenvalue weighted by Crippen LogP contribution is -2.39. The van der Waals surface area contributed by atoms with Gasteiger partial charge in [-0.15, -0.1) is 0 Å². The Kier molecular flexibility index (Phi) is 7.03. The van der Waals surface area contributed by atoms with Crippen molar-refractivity contribution in [2.45, 2.75) is 57.4 Å². The highest BCUT2D eigenvalue weighted by Gasteiger charge is 2.26. The van der Waals surface area contributed by atoms with Crippen molar-refractivity contribution in [2.24, 2.45) is 0 Å². The van der Waals surface area contributed by atoms with Crippen LogP contribution in [0.4, 0.5) is 5.69 Å². The molecular formula is C22H30N3O3S+. The summed E-state index contributed by atoms with van der Waals surface area (Å²) < 4.78 is 29.2. The van der Waals surface area contributed by atoms with E-state index in [0.717, 1.165) is 37.7 Å². The van der Waals surface area contributed by atoms with E-state index >= 15 is 0 Å². The van der Waals surface area contributed by atoms with Gasteiger partial charge in [-0.05, 0) is 49.4 Å². The van der Waals surface area contributed by atoms with Gasteiger partial charge in [-0.1, -0.05) is 25.8 Å². The number of piperidine rings is 1. The summed E-state index contributed by atoms with van der Waals surface area (Å²) >= 11 is 0. The smallest absolute Gasteiger partial charge is 0.290 e. The Bertz CT molecular complexity index is 950. The summed E-state index contributed by atoms with van der Waals surface area (Å²) in [5.74, 6) is -0.186. The number of hydrogen-bond acceptors (Lipinski definition) is 3. The van der Waals surface area contributed by atoms with Crippen LogP contribution in [0.25, 0.3) is 0 Å². The van der Waals surface area contributed by atoms with Crippen LogP contribution in [0.5, 0.6) is 0 Å². The molecular weight excluding hydrogens is 386 g/mol. The van der Waals surface area contributed by atoms with Crippen molar-refractivity contribution in [1.82, 2.24) is 4.31 Å². The molecule has 0 radical (unpaired) electrons. The molecule has 1 aliphatic heterocycles. The maximum Gasteiger partial charge on any atom is 0.290 e. The number of hydrogen-bond donors (Lipinski definition) is 1. The second-order valence-electron chi connectivity index (χ2n) is 7.62. The zero-order valence-corrected chi connectivity index (χ0v) is 18.0. The van der Waals surface area contributed by atoms with Crippen LogP contribution in [-0.2, 0) is 27.8 Å². The second kappa shape index (κ2) is 9.50. The van der Waals surface area contributed by atoms with E-state index in [1.807, 2.05) is 36.0 Å². The molecule has 7 heteroatoms. The van der Waals surface area contributed by atoms with Crippen molar-refractivity contribution in [3.8, 4) is 0 Å². The molecule has 1 aromatic heterocycles. The number of amides is 1. The highest BCUT2D eigenvalue weighted by atomic mass is 32.2. The maximum atomic E-state index is 12.9. The third-order valence-electron chi connectivity index (χ3n) is 5.26.